The number of aliphatic hydroxyl groups excluding tert-OH is 1. The van der Waals surface area contributed by atoms with Crippen LogP contribution in [0.4, 0.5) is 10.2 Å². The van der Waals surface area contributed by atoms with Crippen LogP contribution in [0.3, 0.4) is 0 Å². The van der Waals surface area contributed by atoms with Crippen molar-refractivity contribution in [3.05, 3.63) is 76.4 Å². The summed E-state index contributed by atoms with van der Waals surface area (Å²) in [6.07, 6.45) is 5.78. The second kappa shape index (κ2) is 11.7. The van der Waals surface area contributed by atoms with Gasteiger partial charge in [-0.2, -0.15) is 0 Å². The number of anilines is 1. The zero-order chi connectivity index (χ0) is 31.2. The Kier molecular flexibility index (Phi) is 7.91. The molecule has 44 heavy (non-hydrogen) atoms. The minimum atomic E-state index is -0.519. The van der Waals surface area contributed by atoms with E-state index >= 15 is 0 Å². The lowest BCUT2D eigenvalue weighted by Gasteiger charge is -2.31. The molecule has 3 unspecified atom stereocenters. The van der Waals surface area contributed by atoms with E-state index in [0.717, 1.165) is 42.4 Å². The maximum Gasteiger partial charge on any atom is 0.323 e. The zero-order valence-electron chi connectivity index (χ0n) is 25.5. The molecule has 3 N–H and O–H groups in total. The average Bonchev–Trinajstić information content (AvgIpc) is 3.64. The van der Waals surface area contributed by atoms with Crippen molar-refractivity contribution in [2.24, 2.45) is 11.3 Å². The first-order chi connectivity index (χ1) is 21.0. The van der Waals surface area contributed by atoms with Crippen molar-refractivity contribution in [3.63, 3.8) is 0 Å². The van der Waals surface area contributed by atoms with Crippen molar-refractivity contribution in [1.29, 1.82) is 0 Å². The van der Waals surface area contributed by atoms with Crippen LogP contribution in [0.15, 0.2) is 53.7 Å². The van der Waals surface area contributed by atoms with Crippen LogP contribution in [0, 0.1) is 17.2 Å². The van der Waals surface area contributed by atoms with Crippen molar-refractivity contribution >= 4 is 22.8 Å². The van der Waals surface area contributed by atoms with E-state index in [1.165, 1.54) is 24.5 Å². The van der Waals surface area contributed by atoms with Gasteiger partial charge in [0.1, 0.15) is 17.9 Å². The first kappa shape index (κ1) is 29.8. The van der Waals surface area contributed by atoms with Gasteiger partial charge >= 0.3 is 5.69 Å². The first-order valence-corrected chi connectivity index (χ1v) is 15.3. The van der Waals surface area contributed by atoms with Gasteiger partial charge in [-0.3, -0.25) is 4.79 Å². The van der Waals surface area contributed by atoms with Gasteiger partial charge in [0.15, 0.2) is 11.6 Å². The van der Waals surface area contributed by atoms with Crippen molar-refractivity contribution in [3.8, 4) is 11.5 Å². The van der Waals surface area contributed by atoms with E-state index in [1.54, 1.807) is 11.1 Å². The number of H-pyrrole nitrogens is 2. The number of imidazole rings is 1. The van der Waals surface area contributed by atoms with Crippen LogP contribution in [0.1, 0.15) is 62.9 Å². The third-order valence-electron chi connectivity index (χ3n) is 9.10. The first-order valence-electron chi connectivity index (χ1n) is 15.3. The number of carbonyl (C=O) groups is 1. The van der Waals surface area contributed by atoms with Crippen LogP contribution >= 0.6 is 0 Å². The Balaban J connectivity index is 1.20. The number of amides is 1. The molecule has 1 amide bonds. The van der Waals surface area contributed by atoms with Crippen LogP contribution in [0.25, 0.3) is 11.0 Å². The lowest BCUT2D eigenvalue weighted by molar-refractivity contribution is 0.0640. The molecule has 4 aromatic rings. The van der Waals surface area contributed by atoms with E-state index in [1.807, 2.05) is 45.9 Å². The van der Waals surface area contributed by atoms with Crippen LogP contribution in [-0.4, -0.2) is 67.1 Å². The fourth-order valence-corrected chi connectivity index (χ4v) is 7.25. The molecule has 1 saturated carbocycles. The van der Waals surface area contributed by atoms with Gasteiger partial charge in [0.2, 0.25) is 0 Å². The zero-order valence-corrected chi connectivity index (χ0v) is 25.5. The van der Waals surface area contributed by atoms with E-state index in [9.17, 15) is 19.1 Å². The molecule has 0 bridgehead atoms. The number of carbonyl (C=O) groups excluding carboxylic acids is 1. The summed E-state index contributed by atoms with van der Waals surface area (Å²) in [6.45, 7) is 9.14. The minimum Gasteiger partial charge on any atom is -0.451 e. The molecule has 2 fully saturated rings. The number of nitrogens with one attached hydrogen (secondary N) is 2. The Morgan fingerprint density at radius 1 is 1.11 bits per heavy atom. The minimum absolute atomic E-state index is 0.0785. The fourth-order valence-electron chi connectivity index (χ4n) is 7.25. The van der Waals surface area contributed by atoms with Gasteiger partial charge in [0, 0.05) is 25.2 Å². The van der Waals surface area contributed by atoms with Gasteiger partial charge in [0.25, 0.3) is 5.91 Å². The molecule has 3 heterocycles. The molecule has 11 heteroatoms. The number of fused-ring (bicyclic) bond motifs is 1. The van der Waals surface area contributed by atoms with E-state index < -0.39 is 11.9 Å². The van der Waals surface area contributed by atoms with E-state index in [2.05, 4.69) is 24.8 Å². The van der Waals surface area contributed by atoms with E-state index in [4.69, 9.17) is 4.74 Å². The second-order valence-electron chi connectivity index (χ2n) is 12.9. The highest BCUT2D eigenvalue weighted by atomic mass is 19.1. The second-order valence-corrected chi connectivity index (χ2v) is 12.9. The largest absolute Gasteiger partial charge is 0.451 e. The lowest BCUT2D eigenvalue weighted by atomic mass is 9.83. The molecule has 2 aromatic carbocycles. The van der Waals surface area contributed by atoms with Crippen LogP contribution in [0.2, 0.25) is 0 Å². The smallest absolute Gasteiger partial charge is 0.323 e. The summed E-state index contributed by atoms with van der Waals surface area (Å²) in [4.78, 5) is 43.4. The highest BCUT2D eigenvalue weighted by Gasteiger charge is 2.49. The highest BCUT2D eigenvalue weighted by Crippen LogP contribution is 2.50. The molecule has 1 aliphatic heterocycles. The molecule has 1 saturated heterocycles. The summed E-state index contributed by atoms with van der Waals surface area (Å²) >= 11 is 0. The molecule has 10 nitrogen and oxygen atoms in total. The van der Waals surface area contributed by atoms with Gasteiger partial charge in [-0.25, -0.2) is 19.2 Å². The Bertz CT molecular complexity index is 1730. The Morgan fingerprint density at radius 3 is 2.66 bits per heavy atom. The summed E-state index contributed by atoms with van der Waals surface area (Å²) in [6, 6.07) is 9.69. The summed E-state index contributed by atoms with van der Waals surface area (Å²) in [5, 5.41) is 11.1. The number of hydrogen-bond acceptors (Lipinski definition) is 7. The lowest BCUT2D eigenvalue weighted by Crippen LogP contribution is -2.42. The van der Waals surface area contributed by atoms with Crippen molar-refractivity contribution in [2.75, 3.05) is 18.0 Å². The number of rotatable bonds is 8. The Hall–Kier alpha value is -4.25. The normalized spacial score (nSPS) is 21.7. The standard InChI is InChI=1S/C33H39FN6O4/c1-19(2)40(20(3)4)31(42)24-13-23(34)6-8-28(24)44-29-16-35-18-36-30(29)39-10-9-33(17-39)14-22(27(41)15-33)11-21-5-7-25-26(12-21)38-32(43)37-25/h5-8,12-13,16,18-20,22,27,41H,9-11,14-15,17H2,1-4H3,(H2,37,38,43). The monoisotopic (exact) mass is 602 g/mol. The average molecular weight is 603 g/mol. The number of nitrogens with zero attached hydrogens (tertiary/aromatic N) is 4. The number of aromatic nitrogens is 4. The summed E-state index contributed by atoms with van der Waals surface area (Å²) < 4.78 is 20.7. The van der Waals surface area contributed by atoms with Crippen LogP contribution < -0.4 is 15.3 Å². The van der Waals surface area contributed by atoms with Gasteiger partial charge < -0.3 is 29.6 Å². The molecular weight excluding hydrogens is 563 g/mol. The predicted octanol–water partition coefficient (Wildman–Crippen LogP) is 5.05. The number of ether oxygens (including phenoxy) is 1. The Morgan fingerprint density at radius 2 is 1.89 bits per heavy atom. The van der Waals surface area contributed by atoms with Crippen molar-refractivity contribution < 1.29 is 19.0 Å². The SMILES string of the molecule is CC(C)N(C(=O)c1cc(F)ccc1Oc1cncnc1N1CCC2(CC(O)C(Cc3ccc4[nH]c(=O)[nH]c4c3)C2)C1)C(C)C. The number of benzene rings is 2. The van der Waals surface area contributed by atoms with E-state index in [0.29, 0.717) is 24.5 Å². The number of aliphatic hydroxyl groups is 1. The Labute approximate surface area is 255 Å². The van der Waals surface area contributed by atoms with E-state index in [-0.39, 0.29) is 46.3 Å². The third kappa shape index (κ3) is 5.80. The maximum absolute atomic E-state index is 14.4. The number of halogens is 1. The van der Waals surface area contributed by atoms with Gasteiger partial charge in [-0.1, -0.05) is 6.07 Å². The van der Waals surface area contributed by atoms with Gasteiger partial charge in [-0.05, 0) is 101 Å². The van der Waals surface area contributed by atoms with Gasteiger partial charge in [0.05, 0.1) is 28.9 Å². The summed E-state index contributed by atoms with van der Waals surface area (Å²) in [5.74, 6) is 0.492. The fraction of sp³-hybridized carbons (Fsp3) is 0.455. The molecule has 232 valence electrons. The van der Waals surface area contributed by atoms with Gasteiger partial charge in [-0.15, -0.1) is 0 Å². The quantitative estimate of drug-likeness (QED) is 0.258. The summed E-state index contributed by atoms with van der Waals surface area (Å²) in [5.41, 5.74) is 2.45. The third-order valence-corrected chi connectivity index (χ3v) is 9.10. The summed E-state index contributed by atoms with van der Waals surface area (Å²) in [7, 11) is 0. The molecule has 0 radical (unpaired) electrons. The molecule has 2 aliphatic rings. The van der Waals surface area contributed by atoms with Crippen molar-refractivity contribution in [1.82, 2.24) is 24.8 Å². The van der Waals surface area contributed by atoms with Crippen LogP contribution in [0.5, 0.6) is 11.5 Å². The molecule has 1 aliphatic carbocycles. The van der Waals surface area contributed by atoms with Crippen LogP contribution in [-0.2, 0) is 6.42 Å². The predicted molar refractivity (Wildman–Crippen MR) is 166 cm³/mol. The van der Waals surface area contributed by atoms with Crippen molar-refractivity contribution in [2.45, 2.75) is 71.6 Å². The molecule has 1 spiro atoms. The molecule has 6 rings (SSSR count). The topological polar surface area (TPSA) is 127 Å². The molecule has 2 aromatic heterocycles. The molecular formula is C33H39FN6O4. The number of aromatic amines is 2. The molecule has 3 atom stereocenters. The maximum atomic E-state index is 14.4. The number of hydrogen-bond donors (Lipinski definition) is 3. The highest BCUT2D eigenvalue weighted by molar-refractivity contribution is 5.97.